The Bertz CT molecular complexity index is 579. The van der Waals surface area contributed by atoms with Gasteiger partial charge in [0.25, 0.3) is 0 Å². The van der Waals surface area contributed by atoms with E-state index in [9.17, 15) is 0 Å². The minimum Gasteiger partial charge on any atom is -0.326 e. The zero-order valence-corrected chi connectivity index (χ0v) is 13.0. The third-order valence-electron chi connectivity index (χ3n) is 3.72. The number of hydrogen-bond donors (Lipinski definition) is 1. The highest BCUT2D eigenvalue weighted by molar-refractivity contribution is 5.27. The second-order valence-corrected chi connectivity index (χ2v) is 5.03. The SMILES string of the molecule is CCc1nn(Cc2cc(C)nn2CC)c(CC)c1CN. The zero-order valence-electron chi connectivity index (χ0n) is 13.0. The van der Waals surface area contributed by atoms with Gasteiger partial charge in [-0.1, -0.05) is 13.8 Å². The van der Waals surface area contributed by atoms with Gasteiger partial charge in [-0.05, 0) is 32.8 Å². The van der Waals surface area contributed by atoms with Gasteiger partial charge in [0.15, 0.2) is 0 Å². The molecule has 2 aromatic rings. The average molecular weight is 275 g/mol. The Labute approximate surface area is 120 Å². The number of nitrogens with zero attached hydrogens (tertiary/aromatic N) is 4. The van der Waals surface area contributed by atoms with Crippen LogP contribution in [0.2, 0.25) is 0 Å². The summed E-state index contributed by atoms with van der Waals surface area (Å²) in [5.74, 6) is 0. The van der Waals surface area contributed by atoms with Gasteiger partial charge >= 0.3 is 0 Å². The van der Waals surface area contributed by atoms with Crippen molar-refractivity contribution in [1.29, 1.82) is 0 Å². The molecule has 0 radical (unpaired) electrons. The van der Waals surface area contributed by atoms with Crippen LogP contribution in [0, 0.1) is 6.92 Å². The summed E-state index contributed by atoms with van der Waals surface area (Å²) in [6.45, 7) is 10.7. The molecule has 0 spiro atoms. The molecule has 20 heavy (non-hydrogen) atoms. The predicted molar refractivity (Wildman–Crippen MR) is 80.6 cm³/mol. The first-order valence-corrected chi connectivity index (χ1v) is 7.45. The van der Waals surface area contributed by atoms with Crippen LogP contribution in [0.25, 0.3) is 0 Å². The highest BCUT2D eigenvalue weighted by Crippen LogP contribution is 2.17. The number of aryl methyl sites for hydroxylation is 3. The molecule has 2 N–H and O–H groups in total. The molecule has 2 rings (SSSR count). The second-order valence-electron chi connectivity index (χ2n) is 5.03. The van der Waals surface area contributed by atoms with Crippen molar-refractivity contribution in [3.05, 3.63) is 34.4 Å². The summed E-state index contributed by atoms with van der Waals surface area (Å²) in [6.07, 6.45) is 1.89. The van der Waals surface area contributed by atoms with Crippen molar-refractivity contribution >= 4 is 0 Å². The van der Waals surface area contributed by atoms with E-state index in [2.05, 4.69) is 36.6 Å². The molecule has 0 saturated heterocycles. The zero-order chi connectivity index (χ0) is 14.7. The highest BCUT2D eigenvalue weighted by atomic mass is 15.3. The van der Waals surface area contributed by atoms with Crippen LogP contribution in [0.15, 0.2) is 6.07 Å². The maximum absolute atomic E-state index is 5.90. The van der Waals surface area contributed by atoms with Crippen LogP contribution in [-0.2, 0) is 32.5 Å². The minimum absolute atomic E-state index is 0.568. The molecule has 0 aromatic carbocycles. The fraction of sp³-hybridized carbons (Fsp3) is 0.600. The number of rotatable bonds is 6. The summed E-state index contributed by atoms with van der Waals surface area (Å²) in [4.78, 5) is 0. The summed E-state index contributed by atoms with van der Waals surface area (Å²) in [5, 5.41) is 9.25. The molecule has 0 saturated carbocycles. The minimum atomic E-state index is 0.568. The lowest BCUT2D eigenvalue weighted by Gasteiger charge is -2.08. The van der Waals surface area contributed by atoms with Crippen LogP contribution in [0.3, 0.4) is 0 Å². The smallest absolute Gasteiger partial charge is 0.0831 e. The molecule has 2 aromatic heterocycles. The lowest BCUT2D eigenvalue weighted by atomic mass is 10.1. The van der Waals surface area contributed by atoms with E-state index in [0.29, 0.717) is 6.54 Å². The predicted octanol–water partition coefficient (Wildman–Crippen LogP) is 2.04. The van der Waals surface area contributed by atoms with Gasteiger partial charge in [-0.2, -0.15) is 10.2 Å². The Balaban J connectivity index is 2.40. The summed E-state index contributed by atoms with van der Waals surface area (Å²) in [7, 11) is 0. The van der Waals surface area contributed by atoms with Gasteiger partial charge in [-0.25, -0.2) is 0 Å². The van der Waals surface area contributed by atoms with E-state index in [1.54, 1.807) is 0 Å². The van der Waals surface area contributed by atoms with Gasteiger partial charge < -0.3 is 5.73 Å². The molecule has 0 amide bonds. The number of nitrogens with two attached hydrogens (primary N) is 1. The van der Waals surface area contributed by atoms with Gasteiger partial charge in [0.05, 0.1) is 23.6 Å². The third kappa shape index (κ3) is 2.63. The fourth-order valence-electron chi connectivity index (χ4n) is 2.79. The first kappa shape index (κ1) is 14.8. The van der Waals surface area contributed by atoms with E-state index in [1.807, 2.05) is 11.6 Å². The largest absolute Gasteiger partial charge is 0.326 e. The maximum Gasteiger partial charge on any atom is 0.0831 e. The molecule has 0 fully saturated rings. The summed E-state index contributed by atoms with van der Waals surface area (Å²) >= 11 is 0. The molecule has 0 aliphatic heterocycles. The normalized spacial score (nSPS) is 11.2. The van der Waals surface area contributed by atoms with Crippen LogP contribution >= 0.6 is 0 Å². The van der Waals surface area contributed by atoms with Crippen molar-refractivity contribution < 1.29 is 0 Å². The molecule has 2 heterocycles. The fourth-order valence-corrected chi connectivity index (χ4v) is 2.79. The standard InChI is InChI=1S/C15H25N5/c1-5-14-13(9-16)15(6-2)20(18-14)10-12-8-11(4)17-19(12)7-3/h8H,5-7,9-10,16H2,1-4H3. The Kier molecular flexibility index (Phi) is 4.60. The molecular weight excluding hydrogens is 250 g/mol. The summed E-state index contributed by atoms with van der Waals surface area (Å²) in [5.41, 5.74) is 11.8. The van der Waals surface area contributed by atoms with Gasteiger partial charge in [0.1, 0.15) is 0 Å². The lowest BCUT2D eigenvalue weighted by molar-refractivity contribution is 0.560. The van der Waals surface area contributed by atoms with E-state index in [0.717, 1.165) is 37.3 Å². The molecule has 5 heteroatoms. The van der Waals surface area contributed by atoms with Gasteiger partial charge in [0.2, 0.25) is 0 Å². The van der Waals surface area contributed by atoms with E-state index >= 15 is 0 Å². The molecule has 0 aliphatic carbocycles. The van der Waals surface area contributed by atoms with Crippen LogP contribution < -0.4 is 5.73 Å². The molecule has 0 aliphatic rings. The average Bonchev–Trinajstić information content (AvgIpc) is 2.98. The van der Waals surface area contributed by atoms with E-state index in [1.165, 1.54) is 17.0 Å². The Morgan fingerprint density at radius 3 is 2.40 bits per heavy atom. The van der Waals surface area contributed by atoms with Crippen molar-refractivity contribution in [3.63, 3.8) is 0 Å². The molecule has 0 unspecified atom stereocenters. The monoisotopic (exact) mass is 275 g/mol. The van der Waals surface area contributed by atoms with Gasteiger partial charge in [-0.15, -0.1) is 0 Å². The maximum atomic E-state index is 5.90. The Hall–Kier alpha value is -1.62. The van der Waals surface area contributed by atoms with Crippen molar-refractivity contribution in [3.8, 4) is 0 Å². The first-order chi connectivity index (χ1) is 9.64. The molecule has 0 bridgehead atoms. The van der Waals surface area contributed by atoms with Crippen molar-refractivity contribution in [2.75, 3.05) is 0 Å². The third-order valence-corrected chi connectivity index (χ3v) is 3.72. The number of aromatic nitrogens is 4. The summed E-state index contributed by atoms with van der Waals surface area (Å²) < 4.78 is 4.15. The second kappa shape index (κ2) is 6.22. The Morgan fingerprint density at radius 2 is 1.85 bits per heavy atom. The van der Waals surface area contributed by atoms with E-state index < -0.39 is 0 Å². The molecule has 5 nitrogen and oxygen atoms in total. The highest BCUT2D eigenvalue weighted by Gasteiger charge is 2.15. The number of hydrogen-bond acceptors (Lipinski definition) is 3. The molecular formula is C15H25N5. The first-order valence-electron chi connectivity index (χ1n) is 7.45. The van der Waals surface area contributed by atoms with Crippen LogP contribution in [0.5, 0.6) is 0 Å². The van der Waals surface area contributed by atoms with Gasteiger partial charge in [-0.3, -0.25) is 9.36 Å². The van der Waals surface area contributed by atoms with Crippen LogP contribution in [-0.4, -0.2) is 19.6 Å². The van der Waals surface area contributed by atoms with Gasteiger partial charge in [0, 0.05) is 24.3 Å². The molecule has 0 atom stereocenters. The van der Waals surface area contributed by atoms with Crippen molar-refractivity contribution in [2.24, 2.45) is 5.73 Å². The van der Waals surface area contributed by atoms with Crippen molar-refractivity contribution in [2.45, 2.75) is 60.2 Å². The lowest BCUT2D eigenvalue weighted by Crippen LogP contribution is -2.12. The topological polar surface area (TPSA) is 61.7 Å². The Morgan fingerprint density at radius 1 is 1.10 bits per heavy atom. The van der Waals surface area contributed by atoms with Crippen LogP contribution in [0.4, 0.5) is 0 Å². The quantitative estimate of drug-likeness (QED) is 0.877. The molecule has 110 valence electrons. The van der Waals surface area contributed by atoms with Crippen LogP contribution in [0.1, 0.15) is 49.1 Å². The van der Waals surface area contributed by atoms with E-state index in [-0.39, 0.29) is 0 Å². The van der Waals surface area contributed by atoms with Crippen molar-refractivity contribution in [1.82, 2.24) is 19.6 Å². The van der Waals surface area contributed by atoms with E-state index in [4.69, 9.17) is 10.8 Å². The summed E-state index contributed by atoms with van der Waals surface area (Å²) in [6, 6.07) is 2.14.